The molecule has 0 aromatic carbocycles. The first kappa shape index (κ1) is 15.8. The van der Waals surface area contributed by atoms with E-state index in [2.05, 4.69) is 45.9 Å². The van der Waals surface area contributed by atoms with Gasteiger partial charge in [0.05, 0.1) is 0 Å². The van der Waals surface area contributed by atoms with Crippen LogP contribution in [0.5, 0.6) is 0 Å². The summed E-state index contributed by atoms with van der Waals surface area (Å²) in [6, 6.07) is 0.429. The second-order valence-corrected chi connectivity index (χ2v) is 5.86. The molecule has 2 unspecified atom stereocenters. The van der Waals surface area contributed by atoms with Crippen LogP contribution >= 0.6 is 0 Å². The Kier molecular flexibility index (Phi) is 5.59. The van der Waals surface area contributed by atoms with Crippen LogP contribution in [-0.4, -0.2) is 34.1 Å². The summed E-state index contributed by atoms with van der Waals surface area (Å²) in [5.74, 6) is 2.21. The van der Waals surface area contributed by atoms with Crippen molar-refractivity contribution in [1.82, 2.24) is 15.0 Å². The van der Waals surface area contributed by atoms with E-state index in [0.717, 1.165) is 13.1 Å². The number of nitrogens with one attached hydrogen (secondary N) is 1. The molecule has 0 aliphatic heterocycles. The van der Waals surface area contributed by atoms with Gasteiger partial charge in [-0.05, 0) is 32.6 Å². The average molecular weight is 292 g/mol. The second kappa shape index (κ2) is 7.43. The van der Waals surface area contributed by atoms with Crippen molar-refractivity contribution in [3.05, 3.63) is 0 Å². The number of hydrogen-bond acceptors (Lipinski definition) is 6. The summed E-state index contributed by atoms with van der Waals surface area (Å²) < 4.78 is 0. The van der Waals surface area contributed by atoms with Crippen molar-refractivity contribution in [2.75, 3.05) is 29.0 Å². The number of nitrogen functional groups attached to an aromatic ring is 1. The number of hydrogen-bond donors (Lipinski definition) is 2. The molecule has 1 aliphatic rings. The van der Waals surface area contributed by atoms with E-state index in [1.165, 1.54) is 32.1 Å². The zero-order valence-corrected chi connectivity index (χ0v) is 13.5. The molecule has 1 aromatic heterocycles. The van der Waals surface area contributed by atoms with Crippen LogP contribution in [0, 0.1) is 5.92 Å². The number of anilines is 3. The summed E-state index contributed by atoms with van der Waals surface area (Å²) in [5.41, 5.74) is 5.85. The molecule has 1 aliphatic carbocycles. The molecule has 2 rings (SSSR count). The van der Waals surface area contributed by atoms with Gasteiger partial charge in [-0.2, -0.15) is 15.0 Å². The highest BCUT2D eigenvalue weighted by atomic mass is 15.3. The SMILES string of the molecule is CCN(CC)c1nc(N)nc(NC2CCCCCC2C)n1. The molecule has 21 heavy (non-hydrogen) atoms. The van der Waals surface area contributed by atoms with Gasteiger partial charge in [0.2, 0.25) is 17.8 Å². The Morgan fingerprint density at radius 1 is 1.10 bits per heavy atom. The van der Waals surface area contributed by atoms with Gasteiger partial charge >= 0.3 is 0 Å². The Hall–Kier alpha value is -1.59. The molecule has 118 valence electrons. The van der Waals surface area contributed by atoms with Crippen LogP contribution in [0.3, 0.4) is 0 Å². The van der Waals surface area contributed by atoms with Gasteiger partial charge in [0.1, 0.15) is 0 Å². The summed E-state index contributed by atoms with van der Waals surface area (Å²) in [6.07, 6.45) is 6.36. The predicted octanol–water partition coefficient (Wildman–Crippen LogP) is 2.68. The predicted molar refractivity (Wildman–Crippen MR) is 87.5 cm³/mol. The summed E-state index contributed by atoms with van der Waals surface area (Å²) in [5, 5.41) is 3.49. The Morgan fingerprint density at radius 2 is 1.81 bits per heavy atom. The number of nitrogens with zero attached hydrogens (tertiary/aromatic N) is 4. The molecule has 1 aromatic rings. The van der Waals surface area contributed by atoms with E-state index in [1.54, 1.807) is 0 Å². The number of rotatable bonds is 5. The quantitative estimate of drug-likeness (QED) is 0.812. The van der Waals surface area contributed by atoms with Crippen molar-refractivity contribution in [2.45, 2.75) is 58.9 Å². The van der Waals surface area contributed by atoms with Crippen LogP contribution in [0.25, 0.3) is 0 Å². The minimum absolute atomic E-state index is 0.288. The standard InChI is InChI=1S/C15H28N6/c1-4-21(5-2)15-19-13(16)18-14(20-15)17-12-10-8-6-7-9-11(12)3/h11-12H,4-10H2,1-3H3,(H3,16,17,18,19,20). The van der Waals surface area contributed by atoms with Crippen LogP contribution in [0.2, 0.25) is 0 Å². The fraction of sp³-hybridized carbons (Fsp3) is 0.800. The van der Waals surface area contributed by atoms with E-state index in [4.69, 9.17) is 5.73 Å². The summed E-state index contributed by atoms with van der Waals surface area (Å²) in [4.78, 5) is 15.1. The maximum atomic E-state index is 5.85. The minimum Gasteiger partial charge on any atom is -0.368 e. The molecule has 0 saturated heterocycles. The van der Waals surface area contributed by atoms with Gasteiger partial charge in [-0.25, -0.2) is 0 Å². The van der Waals surface area contributed by atoms with Gasteiger partial charge in [0.15, 0.2) is 0 Å². The molecule has 1 saturated carbocycles. The summed E-state index contributed by atoms with van der Waals surface area (Å²) in [6.45, 7) is 8.20. The van der Waals surface area contributed by atoms with E-state index in [0.29, 0.717) is 23.9 Å². The van der Waals surface area contributed by atoms with E-state index in [-0.39, 0.29) is 5.95 Å². The Morgan fingerprint density at radius 3 is 2.52 bits per heavy atom. The third kappa shape index (κ3) is 4.19. The first-order chi connectivity index (χ1) is 10.1. The van der Waals surface area contributed by atoms with Crippen LogP contribution in [-0.2, 0) is 0 Å². The lowest BCUT2D eigenvalue weighted by Crippen LogP contribution is -2.29. The van der Waals surface area contributed by atoms with Crippen LogP contribution in [0.15, 0.2) is 0 Å². The van der Waals surface area contributed by atoms with Crippen molar-refractivity contribution < 1.29 is 0 Å². The third-order valence-corrected chi connectivity index (χ3v) is 4.36. The summed E-state index contributed by atoms with van der Waals surface area (Å²) in [7, 11) is 0. The summed E-state index contributed by atoms with van der Waals surface area (Å²) >= 11 is 0. The molecule has 3 N–H and O–H groups in total. The van der Waals surface area contributed by atoms with Crippen molar-refractivity contribution in [3.63, 3.8) is 0 Å². The Labute approximate surface area is 127 Å². The first-order valence-corrected chi connectivity index (χ1v) is 8.17. The largest absolute Gasteiger partial charge is 0.368 e. The highest BCUT2D eigenvalue weighted by Crippen LogP contribution is 2.25. The van der Waals surface area contributed by atoms with Gasteiger partial charge in [-0.15, -0.1) is 0 Å². The van der Waals surface area contributed by atoms with Gasteiger partial charge < -0.3 is 16.0 Å². The smallest absolute Gasteiger partial charge is 0.231 e. The lowest BCUT2D eigenvalue weighted by Gasteiger charge is -2.24. The Bertz CT molecular complexity index is 446. The molecular formula is C15H28N6. The third-order valence-electron chi connectivity index (χ3n) is 4.36. The van der Waals surface area contributed by atoms with Crippen molar-refractivity contribution in [1.29, 1.82) is 0 Å². The van der Waals surface area contributed by atoms with Crippen molar-refractivity contribution >= 4 is 17.8 Å². The first-order valence-electron chi connectivity index (χ1n) is 8.17. The maximum Gasteiger partial charge on any atom is 0.231 e. The fourth-order valence-corrected chi connectivity index (χ4v) is 2.97. The van der Waals surface area contributed by atoms with Crippen molar-refractivity contribution in [3.8, 4) is 0 Å². The zero-order chi connectivity index (χ0) is 15.2. The minimum atomic E-state index is 0.288. The molecule has 0 spiro atoms. The molecule has 0 bridgehead atoms. The van der Waals surface area contributed by atoms with Crippen LogP contribution in [0.4, 0.5) is 17.8 Å². The van der Waals surface area contributed by atoms with Crippen LogP contribution < -0.4 is 16.0 Å². The normalized spacial score (nSPS) is 22.6. The van der Waals surface area contributed by atoms with Crippen LogP contribution in [0.1, 0.15) is 52.9 Å². The highest BCUT2D eigenvalue weighted by molar-refractivity contribution is 5.42. The van der Waals surface area contributed by atoms with E-state index < -0.39 is 0 Å². The molecule has 2 atom stereocenters. The lowest BCUT2D eigenvalue weighted by molar-refractivity contribution is 0.454. The molecule has 0 radical (unpaired) electrons. The molecule has 6 nitrogen and oxygen atoms in total. The fourth-order valence-electron chi connectivity index (χ4n) is 2.97. The molecule has 6 heteroatoms. The van der Waals surface area contributed by atoms with Gasteiger partial charge in [0.25, 0.3) is 0 Å². The molecular weight excluding hydrogens is 264 g/mol. The zero-order valence-electron chi connectivity index (χ0n) is 13.5. The van der Waals surface area contributed by atoms with Gasteiger partial charge in [-0.1, -0.05) is 26.2 Å². The lowest BCUT2D eigenvalue weighted by atomic mass is 9.97. The Balaban J connectivity index is 2.15. The highest BCUT2D eigenvalue weighted by Gasteiger charge is 2.21. The number of nitrogens with two attached hydrogens (primary N) is 1. The molecule has 1 fully saturated rings. The van der Waals surface area contributed by atoms with Gasteiger partial charge in [-0.3, -0.25) is 0 Å². The number of aromatic nitrogens is 3. The van der Waals surface area contributed by atoms with E-state index in [9.17, 15) is 0 Å². The van der Waals surface area contributed by atoms with E-state index >= 15 is 0 Å². The average Bonchev–Trinajstić information content (AvgIpc) is 2.65. The van der Waals surface area contributed by atoms with E-state index in [1.807, 2.05) is 0 Å². The monoisotopic (exact) mass is 292 g/mol. The molecule has 0 amide bonds. The van der Waals surface area contributed by atoms with Gasteiger partial charge in [0, 0.05) is 19.1 Å². The second-order valence-electron chi connectivity index (χ2n) is 5.86. The molecule has 1 heterocycles. The van der Waals surface area contributed by atoms with Crippen molar-refractivity contribution in [2.24, 2.45) is 5.92 Å². The maximum absolute atomic E-state index is 5.85. The topological polar surface area (TPSA) is 80.0 Å².